The number of aryl methyl sites for hydroxylation is 1. The fraction of sp³-hybridized carbons (Fsp3) is 0.263. The SMILES string of the molecule is CC(=O)NCc1nc2ccccc2n1CCOc1ccccc1C. The van der Waals surface area contributed by atoms with Crippen LogP contribution in [0.5, 0.6) is 5.75 Å². The third-order valence-electron chi connectivity index (χ3n) is 3.90. The van der Waals surface area contributed by atoms with Crippen molar-refractivity contribution in [2.75, 3.05) is 6.61 Å². The van der Waals surface area contributed by atoms with E-state index in [0.29, 0.717) is 19.7 Å². The quantitative estimate of drug-likeness (QED) is 0.758. The minimum Gasteiger partial charge on any atom is -0.491 e. The van der Waals surface area contributed by atoms with E-state index in [1.165, 1.54) is 6.92 Å². The number of hydrogen-bond donors (Lipinski definition) is 1. The van der Waals surface area contributed by atoms with E-state index >= 15 is 0 Å². The molecule has 5 nitrogen and oxygen atoms in total. The van der Waals surface area contributed by atoms with Gasteiger partial charge in [-0.25, -0.2) is 4.98 Å². The molecule has 0 fully saturated rings. The van der Waals surface area contributed by atoms with Gasteiger partial charge in [-0.05, 0) is 30.7 Å². The van der Waals surface area contributed by atoms with E-state index in [0.717, 1.165) is 28.2 Å². The Hall–Kier alpha value is -2.82. The summed E-state index contributed by atoms with van der Waals surface area (Å²) in [5, 5.41) is 2.82. The smallest absolute Gasteiger partial charge is 0.217 e. The maximum absolute atomic E-state index is 11.2. The van der Waals surface area contributed by atoms with E-state index < -0.39 is 0 Å². The molecule has 1 aromatic heterocycles. The fourth-order valence-corrected chi connectivity index (χ4v) is 2.68. The Morgan fingerprint density at radius 1 is 1.17 bits per heavy atom. The van der Waals surface area contributed by atoms with Gasteiger partial charge in [0.1, 0.15) is 18.2 Å². The molecule has 0 aliphatic carbocycles. The molecule has 1 amide bonds. The van der Waals surface area contributed by atoms with Crippen LogP contribution in [-0.2, 0) is 17.9 Å². The molecule has 0 spiro atoms. The average molecular weight is 323 g/mol. The summed E-state index contributed by atoms with van der Waals surface area (Å²) < 4.78 is 8.00. The lowest BCUT2D eigenvalue weighted by atomic mass is 10.2. The van der Waals surface area contributed by atoms with Crippen LogP contribution in [0.4, 0.5) is 0 Å². The number of carbonyl (C=O) groups is 1. The van der Waals surface area contributed by atoms with Crippen molar-refractivity contribution in [3.05, 3.63) is 59.9 Å². The van der Waals surface area contributed by atoms with Crippen molar-refractivity contribution >= 4 is 16.9 Å². The van der Waals surface area contributed by atoms with Gasteiger partial charge >= 0.3 is 0 Å². The summed E-state index contributed by atoms with van der Waals surface area (Å²) in [6.07, 6.45) is 0. The first-order chi connectivity index (χ1) is 11.6. The van der Waals surface area contributed by atoms with Gasteiger partial charge in [0, 0.05) is 6.92 Å². The van der Waals surface area contributed by atoms with Crippen molar-refractivity contribution in [3.8, 4) is 5.75 Å². The summed E-state index contributed by atoms with van der Waals surface area (Å²) in [6, 6.07) is 15.9. The van der Waals surface area contributed by atoms with E-state index in [1.54, 1.807) is 0 Å². The van der Waals surface area contributed by atoms with E-state index in [2.05, 4.69) is 14.9 Å². The maximum atomic E-state index is 11.2. The molecule has 0 unspecified atom stereocenters. The first-order valence-corrected chi connectivity index (χ1v) is 8.02. The number of rotatable bonds is 6. The first-order valence-electron chi connectivity index (χ1n) is 8.02. The lowest BCUT2D eigenvalue weighted by Crippen LogP contribution is -2.22. The lowest BCUT2D eigenvalue weighted by Gasteiger charge is -2.12. The summed E-state index contributed by atoms with van der Waals surface area (Å²) in [6.45, 7) is 5.16. The molecule has 5 heteroatoms. The van der Waals surface area contributed by atoms with Crippen LogP contribution in [0.2, 0.25) is 0 Å². The molecule has 1 heterocycles. The summed E-state index contributed by atoms with van der Waals surface area (Å²) in [4.78, 5) is 15.8. The summed E-state index contributed by atoms with van der Waals surface area (Å²) >= 11 is 0. The highest BCUT2D eigenvalue weighted by molar-refractivity contribution is 5.76. The van der Waals surface area contributed by atoms with Crippen LogP contribution < -0.4 is 10.1 Å². The molecule has 0 atom stereocenters. The average Bonchev–Trinajstić information content (AvgIpc) is 2.93. The number of nitrogens with zero attached hydrogens (tertiary/aromatic N) is 2. The molecule has 24 heavy (non-hydrogen) atoms. The summed E-state index contributed by atoms with van der Waals surface area (Å²) in [5.74, 6) is 1.66. The Morgan fingerprint density at radius 3 is 2.71 bits per heavy atom. The molecule has 1 N–H and O–H groups in total. The van der Waals surface area contributed by atoms with Gasteiger partial charge in [0.05, 0.1) is 24.1 Å². The Labute approximate surface area is 141 Å². The van der Waals surface area contributed by atoms with Crippen molar-refractivity contribution in [1.29, 1.82) is 0 Å². The van der Waals surface area contributed by atoms with Crippen LogP contribution in [0.1, 0.15) is 18.3 Å². The summed E-state index contributed by atoms with van der Waals surface area (Å²) in [7, 11) is 0. The molecule has 0 aliphatic rings. The first kappa shape index (κ1) is 16.1. The van der Waals surface area contributed by atoms with Crippen LogP contribution in [0, 0.1) is 6.92 Å². The third kappa shape index (κ3) is 3.56. The number of amides is 1. The number of ether oxygens (including phenoxy) is 1. The van der Waals surface area contributed by atoms with Crippen LogP contribution in [0.25, 0.3) is 11.0 Å². The monoisotopic (exact) mass is 323 g/mol. The van der Waals surface area contributed by atoms with E-state index in [1.807, 2.05) is 55.5 Å². The van der Waals surface area contributed by atoms with Gasteiger partial charge in [-0.15, -0.1) is 0 Å². The molecule has 0 saturated carbocycles. The van der Waals surface area contributed by atoms with Crippen LogP contribution in [0.3, 0.4) is 0 Å². The van der Waals surface area contributed by atoms with Gasteiger partial charge < -0.3 is 14.6 Å². The second-order valence-electron chi connectivity index (χ2n) is 5.69. The number of imidazole rings is 1. The van der Waals surface area contributed by atoms with E-state index in [4.69, 9.17) is 4.74 Å². The molecular weight excluding hydrogens is 302 g/mol. The van der Waals surface area contributed by atoms with E-state index in [-0.39, 0.29) is 5.91 Å². The van der Waals surface area contributed by atoms with E-state index in [9.17, 15) is 4.79 Å². The Balaban J connectivity index is 1.78. The number of para-hydroxylation sites is 3. The Bertz CT molecular complexity index is 855. The molecule has 124 valence electrons. The lowest BCUT2D eigenvalue weighted by molar-refractivity contribution is -0.119. The molecule has 0 bridgehead atoms. The number of benzene rings is 2. The number of fused-ring (bicyclic) bond motifs is 1. The van der Waals surface area contributed by atoms with Gasteiger partial charge in [-0.1, -0.05) is 30.3 Å². The fourth-order valence-electron chi connectivity index (χ4n) is 2.68. The minimum absolute atomic E-state index is 0.0650. The molecule has 0 aliphatic heterocycles. The van der Waals surface area contributed by atoms with Gasteiger partial charge in [0.15, 0.2) is 0 Å². The van der Waals surface area contributed by atoms with Gasteiger partial charge in [0.2, 0.25) is 5.91 Å². The number of carbonyl (C=O) groups excluding carboxylic acids is 1. The van der Waals surface area contributed by atoms with Crippen molar-refractivity contribution in [2.24, 2.45) is 0 Å². The normalized spacial score (nSPS) is 10.8. The zero-order valence-corrected chi connectivity index (χ0v) is 14.0. The Morgan fingerprint density at radius 2 is 1.92 bits per heavy atom. The number of aromatic nitrogens is 2. The highest BCUT2D eigenvalue weighted by Crippen LogP contribution is 2.18. The second kappa shape index (κ2) is 7.17. The predicted octanol–water partition coefficient (Wildman–Crippen LogP) is 3.06. The van der Waals surface area contributed by atoms with Crippen molar-refractivity contribution in [2.45, 2.75) is 26.9 Å². The largest absolute Gasteiger partial charge is 0.491 e. The predicted molar refractivity (Wildman–Crippen MR) is 93.9 cm³/mol. The highest BCUT2D eigenvalue weighted by Gasteiger charge is 2.11. The van der Waals surface area contributed by atoms with Gasteiger partial charge in [-0.2, -0.15) is 0 Å². The van der Waals surface area contributed by atoms with Gasteiger partial charge in [0.25, 0.3) is 0 Å². The number of hydrogen-bond acceptors (Lipinski definition) is 3. The van der Waals surface area contributed by atoms with Crippen molar-refractivity contribution < 1.29 is 9.53 Å². The zero-order valence-electron chi connectivity index (χ0n) is 14.0. The molecule has 2 aromatic carbocycles. The molecule has 3 aromatic rings. The zero-order chi connectivity index (χ0) is 16.9. The topological polar surface area (TPSA) is 56.2 Å². The highest BCUT2D eigenvalue weighted by atomic mass is 16.5. The minimum atomic E-state index is -0.0650. The van der Waals surface area contributed by atoms with Crippen molar-refractivity contribution in [3.63, 3.8) is 0 Å². The van der Waals surface area contributed by atoms with Crippen molar-refractivity contribution in [1.82, 2.24) is 14.9 Å². The van der Waals surface area contributed by atoms with Crippen LogP contribution in [-0.4, -0.2) is 22.1 Å². The van der Waals surface area contributed by atoms with Crippen LogP contribution in [0.15, 0.2) is 48.5 Å². The summed E-state index contributed by atoms with van der Waals surface area (Å²) in [5.41, 5.74) is 3.09. The third-order valence-corrected chi connectivity index (χ3v) is 3.90. The molecule has 0 saturated heterocycles. The number of nitrogens with one attached hydrogen (secondary N) is 1. The van der Waals surface area contributed by atoms with Gasteiger partial charge in [-0.3, -0.25) is 4.79 Å². The maximum Gasteiger partial charge on any atom is 0.217 e. The second-order valence-corrected chi connectivity index (χ2v) is 5.69. The standard InChI is InChI=1S/C19H21N3O2/c1-14-7-3-6-10-18(14)24-12-11-22-17-9-5-4-8-16(17)21-19(22)13-20-15(2)23/h3-10H,11-13H2,1-2H3,(H,20,23). The molecular formula is C19H21N3O2. The Kier molecular flexibility index (Phi) is 4.79. The molecule has 0 radical (unpaired) electrons. The van der Waals surface area contributed by atoms with Crippen LogP contribution >= 0.6 is 0 Å². The molecule has 3 rings (SSSR count).